The van der Waals surface area contributed by atoms with Crippen molar-refractivity contribution in [2.45, 2.75) is 37.6 Å². The van der Waals surface area contributed by atoms with E-state index >= 15 is 0 Å². The summed E-state index contributed by atoms with van der Waals surface area (Å²) >= 11 is 0. The average molecular weight is 248 g/mol. The highest BCUT2D eigenvalue weighted by Crippen LogP contribution is 2.53. The van der Waals surface area contributed by atoms with Gasteiger partial charge >= 0.3 is 0 Å². The van der Waals surface area contributed by atoms with Gasteiger partial charge in [-0.05, 0) is 51.9 Å². The van der Waals surface area contributed by atoms with Crippen LogP contribution < -0.4 is 5.73 Å². The number of hydrogen-bond donors (Lipinski definition) is 2. The van der Waals surface area contributed by atoms with E-state index in [9.17, 15) is 5.11 Å². The Morgan fingerprint density at radius 1 is 1.39 bits per heavy atom. The van der Waals surface area contributed by atoms with Gasteiger partial charge in [0.1, 0.15) is 5.75 Å². The fourth-order valence-electron chi connectivity index (χ4n) is 2.59. The molecule has 3 N–H and O–H groups in total. The molecule has 0 heterocycles. The summed E-state index contributed by atoms with van der Waals surface area (Å²) < 4.78 is 0. The largest absolute Gasteiger partial charge is 0.508 e. The predicted molar refractivity (Wildman–Crippen MR) is 74.9 cm³/mol. The fourth-order valence-corrected chi connectivity index (χ4v) is 2.59. The predicted octanol–water partition coefficient (Wildman–Crippen LogP) is 1.88. The third kappa shape index (κ3) is 2.52. The SMILES string of the molecule is CC(N)C1(c2cc(CCN(C)C)ccc2O)CC1. The Hall–Kier alpha value is -1.06. The number of phenols is 1. The van der Waals surface area contributed by atoms with Gasteiger partial charge in [-0.3, -0.25) is 0 Å². The van der Waals surface area contributed by atoms with Gasteiger partial charge in [0.15, 0.2) is 0 Å². The smallest absolute Gasteiger partial charge is 0.119 e. The van der Waals surface area contributed by atoms with Gasteiger partial charge < -0.3 is 15.7 Å². The van der Waals surface area contributed by atoms with Crippen molar-refractivity contribution in [2.24, 2.45) is 5.73 Å². The first kappa shape index (κ1) is 13.4. The van der Waals surface area contributed by atoms with Gasteiger partial charge in [0.2, 0.25) is 0 Å². The molecule has 1 unspecified atom stereocenters. The summed E-state index contributed by atoms with van der Waals surface area (Å²) in [5, 5.41) is 10.1. The summed E-state index contributed by atoms with van der Waals surface area (Å²) in [7, 11) is 4.15. The Bertz CT molecular complexity index is 423. The van der Waals surface area contributed by atoms with Gasteiger partial charge in [0.25, 0.3) is 0 Å². The summed E-state index contributed by atoms with van der Waals surface area (Å²) in [6.07, 6.45) is 3.19. The molecule has 1 aliphatic rings. The molecule has 0 aromatic heterocycles. The van der Waals surface area contributed by atoms with Gasteiger partial charge in [-0.1, -0.05) is 12.1 Å². The van der Waals surface area contributed by atoms with Crippen molar-refractivity contribution in [1.82, 2.24) is 4.90 Å². The van der Waals surface area contributed by atoms with E-state index in [0.29, 0.717) is 5.75 Å². The van der Waals surface area contributed by atoms with Crippen molar-refractivity contribution >= 4 is 0 Å². The molecule has 3 nitrogen and oxygen atoms in total. The van der Waals surface area contributed by atoms with E-state index in [4.69, 9.17) is 5.73 Å². The number of aromatic hydroxyl groups is 1. The maximum Gasteiger partial charge on any atom is 0.119 e. The molecular formula is C15H24N2O. The molecule has 3 heteroatoms. The minimum absolute atomic E-state index is 0.0260. The minimum atomic E-state index is 0.0260. The van der Waals surface area contributed by atoms with Crippen LogP contribution in [-0.4, -0.2) is 36.7 Å². The normalized spacial score (nSPS) is 18.9. The van der Waals surface area contributed by atoms with Crippen LogP contribution in [0.3, 0.4) is 0 Å². The van der Waals surface area contributed by atoms with Crippen molar-refractivity contribution < 1.29 is 5.11 Å². The Morgan fingerprint density at radius 3 is 2.56 bits per heavy atom. The van der Waals surface area contributed by atoms with Crippen molar-refractivity contribution in [2.75, 3.05) is 20.6 Å². The Morgan fingerprint density at radius 2 is 2.06 bits per heavy atom. The Kier molecular flexibility index (Phi) is 3.64. The number of phenolic OH excluding ortho intramolecular Hbond substituents is 1. The second kappa shape index (κ2) is 4.90. The highest BCUT2D eigenvalue weighted by Gasteiger charge is 2.48. The van der Waals surface area contributed by atoms with Gasteiger partial charge in [0, 0.05) is 23.6 Å². The zero-order chi connectivity index (χ0) is 13.3. The zero-order valence-electron chi connectivity index (χ0n) is 11.6. The lowest BCUT2D eigenvalue weighted by Gasteiger charge is -2.22. The zero-order valence-corrected chi connectivity index (χ0v) is 11.6. The van der Waals surface area contributed by atoms with Crippen LogP contribution in [0.1, 0.15) is 30.9 Å². The molecule has 0 aliphatic heterocycles. The standard InChI is InChI=1S/C15H24N2O/c1-11(16)15(7-8-15)13-10-12(4-5-14(13)18)6-9-17(2)3/h4-5,10-11,18H,6-9,16H2,1-3H3. The van der Waals surface area contributed by atoms with Crippen LogP contribution in [0.25, 0.3) is 0 Å². The molecule has 1 saturated carbocycles. The summed E-state index contributed by atoms with van der Waals surface area (Å²) in [5.74, 6) is 0.401. The maximum absolute atomic E-state index is 10.1. The van der Waals surface area contributed by atoms with Gasteiger partial charge in [-0.15, -0.1) is 0 Å². The summed E-state index contributed by atoms with van der Waals surface area (Å²) in [5.41, 5.74) is 8.44. The first-order valence-corrected chi connectivity index (χ1v) is 6.68. The van der Waals surface area contributed by atoms with E-state index in [0.717, 1.165) is 31.4 Å². The number of rotatable bonds is 5. The average Bonchev–Trinajstić information content (AvgIpc) is 3.09. The van der Waals surface area contributed by atoms with Crippen molar-refractivity contribution in [3.05, 3.63) is 29.3 Å². The quantitative estimate of drug-likeness (QED) is 0.836. The highest BCUT2D eigenvalue weighted by molar-refractivity contribution is 5.46. The molecule has 1 aromatic rings. The second-order valence-electron chi connectivity index (χ2n) is 5.85. The van der Waals surface area contributed by atoms with E-state index in [1.807, 2.05) is 19.1 Å². The van der Waals surface area contributed by atoms with E-state index in [-0.39, 0.29) is 11.5 Å². The number of hydrogen-bond acceptors (Lipinski definition) is 3. The molecule has 1 atom stereocenters. The molecule has 2 rings (SSSR count). The topological polar surface area (TPSA) is 49.5 Å². The number of likely N-dealkylation sites (N-methyl/N-ethyl adjacent to an activating group) is 1. The molecular weight excluding hydrogens is 224 g/mol. The van der Waals surface area contributed by atoms with Crippen LogP contribution in [0.2, 0.25) is 0 Å². The lowest BCUT2D eigenvalue weighted by molar-refractivity contribution is 0.412. The Balaban J connectivity index is 2.22. The summed E-state index contributed by atoms with van der Waals surface area (Å²) in [6, 6.07) is 6.09. The molecule has 0 saturated heterocycles. The molecule has 1 aliphatic carbocycles. The fraction of sp³-hybridized carbons (Fsp3) is 0.600. The van der Waals surface area contributed by atoms with Gasteiger partial charge in [-0.25, -0.2) is 0 Å². The first-order chi connectivity index (χ1) is 8.45. The van der Waals surface area contributed by atoms with Crippen LogP contribution in [0.5, 0.6) is 5.75 Å². The first-order valence-electron chi connectivity index (χ1n) is 6.68. The van der Waals surface area contributed by atoms with E-state index in [2.05, 4.69) is 25.1 Å². The number of nitrogens with two attached hydrogens (primary N) is 1. The van der Waals surface area contributed by atoms with Crippen molar-refractivity contribution in [3.8, 4) is 5.75 Å². The van der Waals surface area contributed by atoms with Crippen LogP contribution in [0.4, 0.5) is 0 Å². The van der Waals surface area contributed by atoms with E-state index in [1.54, 1.807) is 0 Å². The van der Waals surface area contributed by atoms with Crippen LogP contribution in [-0.2, 0) is 11.8 Å². The van der Waals surface area contributed by atoms with Crippen molar-refractivity contribution in [1.29, 1.82) is 0 Å². The molecule has 0 spiro atoms. The van der Waals surface area contributed by atoms with E-state index < -0.39 is 0 Å². The molecule has 0 radical (unpaired) electrons. The van der Waals surface area contributed by atoms with E-state index in [1.165, 1.54) is 5.56 Å². The maximum atomic E-state index is 10.1. The molecule has 18 heavy (non-hydrogen) atoms. The Labute approximate surface area is 110 Å². The van der Waals surface area contributed by atoms with Crippen LogP contribution in [0.15, 0.2) is 18.2 Å². The van der Waals surface area contributed by atoms with Crippen molar-refractivity contribution in [3.63, 3.8) is 0 Å². The lowest BCUT2D eigenvalue weighted by atomic mass is 9.87. The summed E-state index contributed by atoms with van der Waals surface area (Å²) in [6.45, 7) is 3.06. The molecule has 1 aromatic carbocycles. The monoisotopic (exact) mass is 248 g/mol. The third-order valence-electron chi connectivity index (χ3n) is 4.11. The third-order valence-corrected chi connectivity index (χ3v) is 4.11. The highest BCUT2D eigenvalue weighted by atomic mass is 16.3. The molecule has 0 amide bonds. The number of benzene rings is 1. The van der Waals surface area contributed by atoms with Crippen LogP contribution in [0, 0.1) is 0 Å². The lowest BCUT2D eigenvalue weighted by Crippen LogP contribution is -2.31. The van der Waals surface area contributed by atoms with Crippen LogP contribution >= 0.6 is 0 Å². The van der Waals surface area contributed by atoms with Gasteiger partial charge in [-0.2, -0.15) is 0 Å². The van der Waals surface area contributed by atoms with Gasteiger partial charge in [0.05, 0.1) is 0 Å². The molecule has 0 bridgehead atoms. The number of nitrogens with zero attached hydrogens (tertiary/aromatic N) is 1. The summed E-state index contributed by atoms with van der Waals surface area (Å²) in [4.78, 5) is 2.17. The minimum Gasteiger partial charge on any atom is -0.508 e. The molecule has 100 valence electrons. The molecule has 1 fully saturated rings. The second-order valence-corrected chi connectivity index (χ2v) is 5.85.